The van der Waals surface area contributed by atoms with Crippen LogP contribution in [0.15, 0.2) is 60.7 Å². The maximum Gasteiger partial charge on any atom is 0.333 e. The van der Waals surface area contributed by atoms with E-state index in [2.05, 4.69) is 37.2 Å². The number of alkyl halides is 2. The summed E-state index contributed by atoms with van der Waals surface area (Å²) in [7, 11) is 0. The predicted molar refractivity (Wildman–Crippen MR) is 95.1 cm³/mol. The topological polar surface area (TPSA) is 49.4 Å². The van der Waals surface area contributed by atoms with Crippen LogP contribution >= 0.6 is 31.9 Å². The number of amides is 3. The van der Waals surface area contributed by atoms with Gasteiger partial charge in [-0.2, -0.15) is 0 Å². The first-order chi connectivity index (χ1) is 10.6. The molecule has 2 aromatic rings. The molecule has 114 valence electrons. The number of benzene rings is 2. The third kappa shape index (κ3) is 4.18. The average molecular weight is 426 g/mol. The van der Waals surface area contributed by atoms with Crippen molar-refractivity contribution in [3.8, 4) is 0 Å². The number of para-hydroxylation sites is 2. The Hall–Kier alpha value is -1.66. The molecule has 1 N–H and O–H groups in total. The number of nitrogens with zero attached hydrogens (tertiary/aromatic N) is 1. The van der Waals surface area contributed by atoms with Gasteiger partial charge in [0, 0.05) is 5.33 Å². The number of imide groups is 1. The predicted octanol–water partition coefficient (Wildman–Crippen LogP) is 4.22. The Bertz CT molecular complexity index is 596. The number of carbonyl (C=O) groups is 2. The average Bonchev–Trinajstić information content (AvgIpc) is 2.56. The molecule has 0 heterocycles. The standard InChI is InChI=1S/C16H14Br2N2O2/c17-11-14(18)15(21)19-16(22)20(12-7-3-1-4-8-12)13-9-5-2-6-10-13/h1-10,14H,11H2,(H,19,21,22). The number of rotatable bonds is 4. The van der Waals surface area contributed by atoms with Crippen molar-refractivity contribution >= 4 is 55.2 Å². The molecular weight excluding hydrogens is 412 g/mol. The molecule has 2 rings (SSSR count). The van der Waals surface area contributed by atoms with E-state index in [0.29, 0.717) is 16.7 Å². The van der Waals surface area contributed by atoms with Gasteiger partial charge in [0.1, 0.15) is 4.83 Å². The van der Waals surface area contributed by atoms with Crippen LogP contribution in [0.5, 0.6) is 0 Å². The van der Waals surface area contributed by atoms with E-state index in [1.807, 2.05) is 60.7 Å². The monoisotopic (exact) mass is 424 g/mol. The third-order valence-electron chi connectivity index (χ3n) is 2.88. The number of halogens is 2. The largest absolute Gasteiger partial charge is 0.333 e. The SMILES string of the molecule is O=C(NC(=O)N(c1ccccc1)c1ccccc1)C(Br)CBr. The summed E-state index contributed by atoms with van der Waals surface area (Å²) in [5, 5.41) is 2.82. The van der Waals surface area contributed by atoms with Gasteiger partial charge in [-0.05, 0) is 24.3 Å². The van der Waals surface area contributed by atoms with Gasteiger partial charge in [0.2, 0.25) is 5.91 Å². The number of anilines is 2. The highest BCUT2D eigenvalue weighted by Gasteiger charge is 2.22. The van der Waals surface area contributed by atoms with Crippen molar-refractivity contribution in [1.29, 1.82) is 0 Å². The van der Waals surface area contributed by atoms with Crippen molar-refractivity contribution in [1.82, 2.24) is 5.32 Å². The first-order valence-electron chi connectivity index (χ1n) is 6.58. The number of hydrogen-bond acceptors (Lipinski definition) is 2. The molecule has 0 radical (unpaired) electrons. The molecule has 0 fully saturated rings. The van der Waals surface area contributed by atoms with Crippen LogP contribution in [0.3, 0.4) is 0 Å². The molecule has 22 heavy (non-hydrogen) atoms. The van der Waals surface area contributed by atoms with Crippen molar-refractivity contribution in [3.05, 3.63) is 60.7 Å². The van der Waals surface area contributed by atoms with Gasteiger partial charge in [0.25, 0.3) is 0 Å². The van der Waals surface area contributed by atoms with Gasteiger partial charge in [0.05, 0.1) is 11.4 Å². The van der Waals surface area contributed by atoms with Gasteiger partial charge >= 0.3 is 6.03 Å². The second-order valence-electron chi connectivity index (χ2n) is 4.42. The first-order valence-corrected chi connectivity index (χ1v) is 8.62. The second kappa shape index (κ2) is 8.10. The third-order valence-corrected chi connectivity index (χ3v) is 5.14. The van der Waals surface area contributed by atoms with Crippen molar-refractivity contribution in [2.24, 2.45) is 0 Å². The summed E-state index contributed by atoms with van der Waals surface area (Å²) in [5.41, 5.74) is 1.37. The van der Waals surface area contributed by atoms with Crippen molar-refractivity contribution in [2.45, 2.75) is 4.83 Å². The van der Waals surface area contributed by atoms with Crippen LogP contribution in [0.1, 0.15) is 0 Å². The maximum absolute atomic E-state index is 12.5. The summed E-state index contributed by atoms with van der Waals surface area (Å²) in [6.45, 7) is 0. The van der Waals surface area contributed by atoms with Gasteiger partial charge in [-0.15, -0.1) is 0 Å². The van der Waals surface area contributed by atoms with E-state index in [-0.39, 0.29) is 0 Å². The lowest BCUT2D eigenvalue weighted by molar-refractivity contribution is -0.118. The Morgan fingerprint density at radius 1 is 0.955 bits per heavy atom. The van der Waals surface area contributed by atoms with Crippen LogP contribution in [0.25, 0.3) is 0 Å². The van der Waals surface area contributed by atoms with Gasteiger partial charge < -0.3 is 0 Å². The van der Waals surface area contributed by atoms with Crippen LogP contribution in [0, 0.1) is 0 Å². The fourth-order valence-electron chi connectivity index (χ4n) is 1.85. The number of nitrogens with one attached hydrogen (secondary N) is 1. The van der Waals surface area contributed by atoms with Crippen LogP contribution in [-0.4, -0.2) is 22.1 Å². The highest BCUT2D eigenvalue weighted by molar-refractivity contribution is 9.12. The van der Waals surface area contributed by atoms with Gasteiger partial charge in [-0.1, -0.05) is 68.3 Å². The Balaban J connectivity index is 2.29. The summed E-state index contributed by atoms with van der Waals surface area (Å²) < 4.78 is 0. The van der Waals surface area contributed by atoms with E-state index < -0.39 is 16.8 Å². The molecule has 0 aliphatic rings. The van der Waals surface area contributed by atoms with Crippen LogP contribution < -0.4 is 10.2 Å². The smallest absolute Gasteiger partial charge is 0.276 e. The molecule has 2 aromatic carbocycles. The molecule has 0 aliphatic heterocycles. The molecule has 3 amide bonds. The van der Waals surface area contributed by atoms with E-state index in [9.17, 15) is 9.59 Å². The molecule has 0 aromatic heterocycles. The molecule has 0 saturated heterocycles. The van der Waals surface area contributed by atoms with Gasteiger partial charge in [0.15, 0.2) is 0 Å². The number of hydrogen-bond donors (Lipinski definition) is 1. The summed E-state index contributed by atoms with van der Waals surface area (Å²) in [6.07, 6.45) is 0. The normalized spacial score (nSPS) is 11.5. The molecule has 6 heteroatoms. The Kier molecular flexibility index (Phi) is 6.15. The zero-order valence-corrected chi connectivity index (χ0v) is 14.7. The van der Waals surface area contributed by atoms with Crippen molar-refractivity contribution < 1.29 is 9.59 Å². The molecular formula is C16H14Br2N2O2. The van der Waals surface area contributed by atoms with Crippen LogP contribution in [-0.2, 0) is 4.79 Å². The maximum atomic E-state index is 12.5. The lowest BCUT2D eigenvalue weighted by Crippen LogP contribution is -2.43. The zero-order valence-electron chi connectivity index (χ0n) is 11.6. The van der Waals surface area contributed by atoms with Crippen molar-refractivity contribution in [2.75, 3.05) is 10.2 Å². The lowest BCUT2D eigenvalue weighted by Gasteiger charge is -2.23. The fourth-order valence-corrected chi connectivity index (χ4v) is 2.26. The second-order valence-corrected chi connectivity index (χ2v) is 6.18. The molecule has 1 atom stereocenters. The van der Waals surface area contributed by atoms with E-state index >= 15 is 0 Å². The van der Waals surface area contributed by atoms with E-state index in [0.717, 1.165) is 0 Å². The Morgan fingerprint density at radius 3 is 1.82 bits per heavy atom. The summed E-state index contributed by atoms with van der Waals surface area (Å²) in [5.74, 6) is -0.390. The number of urea groups is 1. The quantitative estimate of drug-likeness (QED) is 0.745. The van der Waals surface area contributed by atoms with E-state index in [4.69, 9.17) is 0 Å². The highest BCUT2D eigenvalue weighted by atomic mass is 79.9. The van der Waals surface area contributed by atoms with Crippen LogP contribution in [0.2, 0.25) is 0 Å². The lowest BCUT2D eigenvalue weighted by atomic mass is 10.2. The minimum Gasteiger partial charge on any atom is -0.276 e. The zero-order chi connectivity index (χ0) is 15.9. The summed E-state index contributed by atoms with van der Waals surface area (Å²) in [4.78, 5) is 25.4. The summed E-state index contributed by atoms with van der Waals surface area (Å²) in [6, 6.07) is 17.9. The first kappa shape index (κ1) is 16.7. The van der Waals surface area contributed by atoms with E-state index in [1.54, 1.807) is 0 Å². The highest BCUT2D eigenvalue weighted by Crippen LogP contribution is 2.24. The Labute approximate surface area is 145 Å². The minimum atomic E-state index is -0.493. The molecule has 4 nitrogen and oxygen atoms in total. The number of carbonyl (C=O) groups excluding carboxylic acids is 2. The minimum absolute atomic E-state index is 0.390. The summed E-state index contributed by atoms with van der Waals surface area (Å²) >= 11 is 6.40. The van der Waals surface area contributed by atoms with Crippen molar-refractivity contribution in [3.63, 3.8) is 0 Å². The van der Waals surface area contributed by atoms with Gasteiger partial charge in [-0.3, -0.25) is 15.0 Å². The van der Waals surface area contributed by atoms with Crippen LogP contribution in [0.4, 0.5) is 16.2 Å². The van der Waals surface area contributed by atoms with E-state index in [1.165, 1.54) is 4.90 Å². The molecule has 0 bridgehead atoms. The molecule has 0 aliphatic carbocycles. The molecule has 0 spiro atoms. The fraction of sp³-hybridized carbons (Fsp3) is 0.125. The molecule has 1 unspecified atom stereocenters. The Morgan fingerprint density at radius 2 is 1.41 bits per heavy atom. The van der Waals surface area contributed by atoms with Gasteiger partial charge in [-0.25, -0.2) is 4.79 Å². The molecule has 0 saturated carbocycles.